The summed E-state index contributed by atoms with van der Waals surface area (Å²) in [6.45, 7) is 0.906. The number of benzene rings is 1. The van der Waals surface area contributed by atoms with Crippen LogP contribution in [0.1, 0.15) is 18.4 Å². The molecular formula is C15H21N3O2. The van der Waals surface area contributed by atoms with Crippen LogP contribution >= 0.6 is 0 Å². The molecule has 1 aliphatic rings. The maximum absolute atomic E-state index is 11.9. The molecule has 1 aliphatic heterocycles. The van der Waals surface area contributed by atoms with Gasteiger partial charge in [0.15, 0.2) is 0 Å². The molecule has 108 valence electrons. The van der Waals surface area contributed by atoms with E-state index in [1.165, 1.54) is 0 Å². The lowest BCUT2D eigenvalue weighted by Gasteiger charge is -2.12. The van der Waals surface area contributed by atoms with Crippen molar-refractivity contribution in [3.8, 4) is 0 Å². The number of hydrogen-bond acceptors (Lipinski definition) is 3. The third kappa shape index (κ3) is 3.81. The van der Waals surface area contributed by atoms with E-state index in [-0.39, 0.29) is 17.9 Å². The third-order valence-corrected chi connectivity index (χ3v) is 3.45. The topological polar surface area (TPSA) is 61.4 Å². The molecular weight excluding hydrogens is 254 g/mol. The molecule has 2 amide bonds. The number of amides is 2. The van der Waals surface area contributed by atoms with Gasteiger partial charge >= 0.3 is 0 Å². The van der Waals surface area contributed by atoms with Crippen LogP contribution in [0.2, 0.25) is 0 Å². The van der Waals surface area contributed by atoms with Gasteiger partial charge in [-0.3, -0.25) is 9.59 Å². The molecule has 1 saturated heterocycles. The number of carbonyl (C=O) groups excluding carboxylic acids is 2. The van der Waals surface area contributed by atoms with Gasteiger partial charge in [-0.25, -0.2) is 0 Å². The van der Waals surface area contributed by atoms with E-state index in [9.17, 15) is 9.59 Å². The van der Waals surface area contributed by atoms with Gasteiger partial charge in [0.2, 0.25) is 11.8 Å². The van der Waals surface area contributed by atoms with Crippen molar-refractivity contribution in [2.24, 2.45) is 0 Å². The fraction of sp³-hybridized carbons (Fsp3) is 0.467. The van der Waals surface area contributed by atoms with Crippen LogP contribution in [0.3, 0.4) is 0 Å². The summed E-state index contributed by atoms with van der Waals surface area (Å²) in [4.78, 5) is 25.1. The zero-order valence-electron chi connectivity index (χ0n) is 12.0. The molecule has 0 aliphatic carbocycles. The van der Waals surface area contributed by atoms with E-state index in [2.05, 4.69) is 10.6 Å². The molecule has 20 heavy (non-hydrogen) atoms. The number of nitrogens with zero attached hydrogens (tertiary/aromatic N) is 1. The molecule has 0 aromatic heterocycles. The Hall–Kier alpha value is -1.88. The van der Waals surface area contributed by atoms with Crippen molar-refractivity contribution in [3.05, 3.63) is 29.8 Å². The van der Waals surface area contributed by atoms with E-state index < -0.39 is 0 Å². The molecule has 5 nitrogen and oxygen atoms in total. The third-order valence-electron chi connectivity index (χ3n) is 3.45. The zero-order valence-corrected chi connectivity index (χ0v) is 12.0. The first-order chi connectivity index (χ1) is 9.56. The van der Waals surface area contributed by atoms with E-state index in [0.717, 1.165) is 30.6 Å². The molecule has 1 heterocycles. The van der Waals surface area contributed by atoms with Crippen molar-refractivity contribution in [1.82, 2.24) is 10.2 Å². The number of nitrogens with one attached hydrogen (secondary N) is 2. The molecule has 2 rings (SSSR count). The first-order valence-corrected chi connectivity index (χ1v) is 6.89. The van der Waals surface area contributed by atoms with Gasteiger partial charge in [-0.1, -0.05) is 12.1 Å². The first-order valence-electron chi connectivity index (χ1n) is 6.89. The smallest absolute Gasteiger partial charge is 0.241 e. The van der Waals surface area contributed by atoms with Crippen molar-refractivity contribution < 1.29 is 9.59 Å². The van der Waals surface area contributed by atoms with Crippen molar-refractivity contribution in [1.29, 1.82) is 0 Å². The summed E-state index contributed by atoms with van der Waals surface area (Å²) < 4.78 is 0. The van der Waals surface area contributed by atoms with E-state index in [1.807, 2.05) is 24.3 Å². The van der Waals surface area contributed by atoms with Gasteiger partial charge < -0.3 is 15.5 Å². The lowest BCUT2D eigenvalue weighted by atomic mass is 10.1. The second-order valence-corrected chi connectivity index (χ2v) is 5.30. The Balaban J connectivity index is 1.91. The largest absolute Gasteiger partial charge is 0.349 e. The van der Waals surface area contributed by atoms with Crippen LogP contribution in [0.25, 0.3) is 0 Å². The molecule has 2 N–H and O–H groups in total. The summed E-state index contributed by atoms with van der Waals surface area (Å²) in [5, 5.41) is 6.05. The average Bonchev–Trinajstić information content (AvgIpc) is 2.95. The Morgan fingerprint density at radius 1 is 1.30 bits per heavy atom. The van der Waals surface area contributed by atoms with E-state index >= 15 is 0 Å². The zero-order chi connectivity index (χ0) is 14.5. The predicted octanol–water partition coefficient (Wildman–Crippen LogP) is 1.01. The SMILES string of the molecule is CN(C)C(=O)Cc1ccc(NC(=O)[C@H]2CCCN2)cc1. The fourth-order valence-electron chi connectivity index (χ4n) is 2.18. The summed E-state index contributed by atoms with van der Waals surface area (Å²) in [6, 6.07) is 7.35. The molecule has 0 unspecified atom stereocenters. The second-order valence-electron chi connectivity index (χ2n) is 5.30. The van der Waals surface area contributed by atoms with Crippen LogP contribution in [0.5, 0.6) is 0 Å². The Morgan fingerprint density at radius 3 is 2.55 bits per heavy atom. The molecule has 0 bridgehead atoms. The van der Waals surface area contributed by atoms with Gasteiger partial charge in [0.25, 0.3) is 0 Å². The van der Waals surface area contributed by atoms with E-state index in [0.29, 0.717) is 6.42 Å². The monoisotopic (exact) mass is 275 g/mol. The standard InChI is InChI=1S/C15H21N3O2/c1-18(2)14(19)10-11-5-7-12(8-6-11)17-15(20)13-4-3-9-16-13/h5-8,13,16H,3-4,9-10H2,1-2H3,(H,17,20)/t13-/m1/s1. The van der Waals surface area contributed by atoms with Crippen molar-refractivity contribution in [2.45, 2.75) is 25.3 Å². The van der Waals surface area contributed by atoms with Crippen molar-refractivity contribution in [2.75, 3.05) is 26.0 Å². The second kappa shape index (κ2) is 6.52. The molecule has 1 aromatic rings. The molecule has 1 fully saturated rings. The van der Waals surface area contributed by atoms with Crippen molar-refractivity contribution in [3.63, 3.8) is 0 Å². The molecule has 0 saturated carbocycles. The van der Waals surface area contributed by atoms with Crippen LogP contribution in [0.4, 0.5) is 5.69 Å². The number of rotatable bonds is 4. The number of hydrogen-bond donors (Lipinski definition) is 2. The average molecular weight is 275 g/mol. The molecule has 1 aromatic carbocycles. The van der Waals surface area contributed by atoms with Gasteiger partial charge in [-0.05, 0) is 37.1 Å². The van der Waals surface area contributed by atoms with Crippen molar-refractivity contribution >= 4 is 17.5 Å². The summed E-state index contributed by atoms with van der Waals surface area (Å²) in [5.74, 6) is 0.0801. The number of likely N-dealkylation sites (N-methyl/N-ethyl adjacent to an activating group) is 1. The van der Waals surface area contributed by atoms with Gasteiger partial charge in [-0.15, -0.1) is 0 Å². The Bertz CT molecular complexity index is 476. The molecule has 0 spiro atoms. The highest BCUT2D eigenvalue weighted by molar-refractivity contribution is 5.95. The van der Waals surface area contributed by atoms with Gasteiger partial charge in [0, 0.05) is 19.8 Å². The fourth-order valence-corrected chi connectivity index (χ4v) is 2.18. The minimum atomic E-state index is -0.0787. The minimum absolute atomic E-state index is 0.0135. The van der Waals surface area contributed by atoms with E-state index in [1.54, 1.807) is 19.0 Å². The molecule has 5 heteroatoms. The Kier molecular flexibility index (Phi) is 4.74. The highest BCUT2D eigenvalue weighted by Crippen LogP contribution is 2.13. The Labute approximate surface area is 119 Å². The van der Waals surface area contributed by atoms with Gasteiger partial charge in [-0.2, -0.15) is 0 Å². The van der Waals surface area contributed by atoms with Crippen LogP contribution in [0.15, 0.2) is 24.3 Å². The van der Waals surface area contributed by atoms with Gasteiger partial charge in [0.05, 0.1) is 12.5 Å². The maximum atomic E-state index is 11.9. The first kappa shape index (κ1) is 14.5. The lowest BCUT2D eigenvalue weighted by Crippen LogP contribution is -2.35. The molecule has 0 radical (unpaired) electrons. The highest BCUT2D eigenvalue weighted by atomic mass is 16.2. The minimum Gasteiger partial charge on any atom is -0.349 e. The van der Waals surface area contributed by atoms with Gasteiger partial charge in [0.1, 0.15) is 0 Å². The summed E-state index contributed by atoms with van der Waals surface area (Å²) in [7, 11) is 3.48. The highest BCUT2D eigenvalue weighted by Gasteiger charge is 2.21. The van der Waals surface area contributed by atoms with Crippen LogP contribution in [-0.4, -0.2) is 43.4 Å². The van der Waals surface area contributed by atoms with Crippen LogP contribution < -0.4 is 10.6 Å². The maximum Gasteiger partial charge on any atom is 0.241 e. The molecule has 1 atom stereocenters. The normalized spacial score (nSPS) is 17.8. The van der Waals surface area contributed by atoms with E-state index in [4.69, 9.17) is 0 Å². The predicted molar refractivity (Wildman–Crippen MR) is 78.5 cm³/mol. The van der Waals surface area contributed by atoms with Crippen LogP contribution in [0, 0.1) is 0 Å². The lowest BCUT2D eigenvalue weighted by molar-refractivity contribution is -0.128. The van der Waals surface area contributed by atoms with Crippen LogP contribution in [-0.2, 0) is 16.0 Å². The summed E-state index contributed by atoms with van der Waals surface area (Å²) in [5.41, 5.74) is 1.71. The number of anilines is 1. The number of carbonyl (C=O) groups is 2. The quantitative estimate of drug-likeness (QED) is 0.862. The summed E-state index contributed by atoms with van der Waals surface area (Å²) in [6.07, 6.45) is 2.32. The Morgan fingerprint density at radius 2 is 2.00 bits per heavy atom. The summed E-state index contributed by atoms with van der Waals surface area (Å²) >= 11 is 0.